The molecule has 0 aliphatic carbocycles. The van der Waals surface area contributed by atoms with E-state index in [1.807, 2.05) is 25.1 Å². The number of carbonyl (C=O) groups is 2. The minimum Gasteiger partial charge on any atom is -0.493 e. The zero-order valence-corrected chi connectivity index (χ0v) is 17.6. The number of methoxy groups -OCH3 is 1. The van der Waals surface area contributed by atoms with Gasteiger partial charge in [0.05, 0.1) is 7.11 Å². The fourth-order valence-corrected chi connectivity index (χ4v) is 3.26. The van der Waals surface area contributed by atoms with E-state index in [1.54, 1.807) is 24.3 Å². The highest BCUT2D eigenvalue weighted by molar-refractivity contribution is 7.80. The third-order valence-electron chi connectivity index (χ3n) is 4.47. The maximum Gasteiger partial charge on any atom is 0.265 e. The first-order valence-corrected chi connectivity index (χ1v) is 9.70. The normalized spacial score (nSPS) is 15.2. The van der Waals surface area contributed by atoms with Crippen molar-refractivity contribution in [3.8, 4) is 11.5 Å². The molecule has 0 unspecified atom stereocenters. The summed E-state index contributed by atoms with van der Waals surface area (Å²) < 4.78 is 11.3. The number of aryl methyl sites for hydroxylation is 1. The number of amides is 2. The number of nitrogens with one attached hydrogen (secondary N) is 1. The standard InChI is InChI=1S/C23H22N2O4S/c1-4-10-25-22(27)18(21(26)24-23(25)30)12-16-8-9-19(20(13-16)28-3)29-14-17-7-5-6-15(2)11-17/h4-9,11-13H,1,10,14H2,2-3H3,(H,24,26,30)/b18-12+. The van der Waals surface area contributed by atoms with E-state index in [1.165, 1.54) is 18.1 Å². The second-order valence-corrected chi connectivity index (χ2v) is 7.10. The summed E-state index contributed by atoms with van der Waals surface area (Å²) in [4.78, 5) is 26.2. The number of thiocarbonyl (C=S) groups is 1. The average molecular weight is 423 g/mol. The van der Waals surface area contributed by atoms with E-state index < -0.39 is 11.8 Å². The van der Waals surface area contributed by atoms with Crippen molar-refractivity contribution < 1.29 is 19.1 Å². The van der Waals surface area contributed by atoms with Crippen LogP contribution < -0.4 is 14.8 Å². The summed E-state index contributed by atoms with van der Waals surface area (Å²) in [5.41, 5.74) is 2.82. The van der Waals surface area contributed by atoms with E-state index in [-0.39, 0.29) is 17.2 Å². The lowest BCUT2D eigenvalue weighted by Gasteiger charge is -2.27. The number of hydrogen-bond donors (Lipinski definition) is 1. The molecule has 3 rings (SSSR count). The summed E-state index contributed by atoms with van der Waals surface area (Å²) in [6.07, 6.45) is 3.05. The topological polar surface area (TPSA) is 67.9 Å². The van der Waals surface area contributed by atoms with Crippen LogP contribution in [0.4, 0.5) is 0 Å². The van der Waals surface area contributed by atoms with Gasteiger partial charge in [-0.15, -0.1) is 6.58 Å². The maximum absolute atomic E-state index is 12.7. The molecule has 0 spiro atoms. The number of rotatable bonds is 7. The molecule has 1 heterocycles. The van der Waals surface area contributed by atoms with E-state index >= 15 is 0 Å². The van der Waals surface area contributed by atoms with Crippen molar-refractivity contribution in [1.29, 1.82) is 0 Å². The molecule has 0 saturated carbocycles. The number of ether oxygens (including phenoxy) is 2. The van der Waals surface area contributed by atoms with E-state index in [2.05, 4.69) is 18.0 Å². The Morgan fingerprint density at radius 3 is 2.67 bits per heavy atom. The molecule has 1 aliphatic rings. The van der Waals surface area contributed by atoms with E-state index in [0.717, 1.165) is 11.1 Å². The van der Waals surface area contributed by atoms with Crippen molar-refractivity contribution in [1.82, 2.24) is 10.2 Å². The van der Waals surface area contributed by atoms with Crippen LogP contribution in [0.1, 0.15) is 16.7 Å². The molecule has 30 heavy (non-hydrogen) atoms. The Balaban J connectivity index is 1.83. The van der Waals surface area contributed by atoms with Crippen molar-refractivity contribution >= 4 is 35.2 Å². The molecule has 0 aromatic heterocycles. The van der Waals surface area contributed by atoms with Gasteiger partial charge in [0, 0.05) is 6.54 Å². The first kappa shape index (κ1) is 21.3. The highest BCUT2D eigenvalue weighted by Crippen LogP contribution is 2.30. The van der Waals surface area contributed by atoms with Gasteiger partial charge in [-0.3, -0.25) is 19.8 Å². The highest BCUT2D eigenvalue weighted by atomic mass is 32.1. The SMILES string of the molecule is C=CCN1C(=O)/C(=C/c2ccc(OCc3cccc(C)c3)c(OC)c2)C(=O)NC1=S. The molecule has 0 radical (unpaired) electrons. The van der Waals surface area contributed by atoms with Gasteiger partial charge in [-0.05, 0) is 48.5 Å². The van der Waals surface area contributed by atoms with E-state index in [0.29, 0.717) is 23.7 Å². The van der Waals surface area contributed by atoms with Crippen molar-refractivity contribution in [2.45, 2.75) is 13.5 Å². The van der Waals surface area contributed by atoms with E-state index in [9.17, 15) is 9.59 Å². The zero-order chi connectivity index (χ0) is 21.7. The second kappa shape index (κ2) is 9.37. The van der Waals surface area contributed by atoms with Crippen LogP contribution in [0.3, 0.4) is 0 Å². The zero-order valence-electron chi connectivity index (χ0n) is 16.8. The van der Waals surface area contributed by atoms with Crippen LogP contribution in [0.15, 0.2) is 60.7 Å². The van der Waals surface area contributed by atoms with Gasteiger partial charge in [-0.2, -0.15) is 0 Å². The van der Waals surface area contributed by atoms with Crippen molar-refractivity contribution in [2.75, 3.05) is 13.7 Å². The number of benzene rings is 2. The smallest absolute Gasteiger partial charge is 0.265 e. The number of carbonyl (C=O) groups excluding carboxylic acids is 2. The molecule has 2 aromatic rings. The molecular formula is C23H22N2O4S. The average Bonchev–Trinajstić information content (AvgIpc) is 2.73. The fraction of sp³-hybridized carbons (Fsp3) is 0.174. The van der Waals surface area contributed by atoms with Gasteiger partial charge in [-0.1, -0.05) is 42.0 Å². The Kier molecular flexibility index (Phi) is 6.64. The molecule has 0 atom stereocenters. The molecule has 0 bridgehead atoms. The molecule has 2 amide bonds. The molecule has 154 valence electrons. The summed E-state index contributed by atoms with van der Waals surface area (Å²) >= 11 is 5.06. The Labute approximate surface area is 180 Å². The molecule has 7 heteroatoms. The first-order valence-electron chi connectivity index (χ1n) is 9.29. The van der Waals surface area contributed by atoms with E-state index in [4.69, 9.17) is 21.7 Å². The van der Waals surface area contributed by atoms with Gasteiger partial charge >= 0.3 is 0 Å². The summed E-state index contributed by atoms with van der Waals surface area (Å²) in [6.45, 7) is 6.25. The molecule has 6 nitrogen and oxygen atoms in total. The number of nitrogens with zero attached hydrogens (tertiary/aromatic N) is 1. The Bertz CT molecular complexity index is 1050. The predicted molar refractivity (Wildman–Crippen MR) is 119 cm³/mol. The molecular weight excluding hydrogens is 400 g/mol. The van der Waals surface area contributed by atoms with Crippen molar-refractivity contribution in [2.24, 2.45) is 0 Å². The van der Waals surface area contributed by atoms with Crippen LogP contribution >= 0.6 is 12.2 Å². The van der Waals surface area contributed by atoms with Crippen LogP contribution in [0, 0.1) is 6.92 Å². The van der Waals surface area contributed by atoms with Gasteiger partial charge in [0.25, 0.3) is 11.8 Å². The number of hydrogen-bond acceptors (Lipinski definition) is 5. The summed E-state index contributed by atoms with van der Waals surface area (Å²) in [5.74, 6) is 0.0561. The van der Waals surface area contributed by atoms with Crippen molar-refractivity contribution in [3.05, 3.63) is 77.4 Å². The van der Waals surface area contributed by atoms with Gasteiger partial charge in [0.2, 0.25) is 0 Å². The lowest BCUT2D eigenvalue weighted by atomic mass is 10.1. The Morgan fingerprint density at radius 2 is 1.97 bits per heavy atom. The molecule has 1 aliphatic heterocycles. The fourth-order valence-electron chi connectivity index (χ4n) is 3.01. The van der Waals surface area contributed by atoms with Crippen LogP contribution in [0.5, 0.6) is 11.5 Å². The Hall–Kier alpha value is -3.45. The van der Waals surface area contributed by atoms with Gasteiger partial charge < -0.3 is 9.47 Å². The molecule has 1 fully saturated rings. The minimum absolute atomic E-state index is 0.0130. The van der Waals surface area contributed by atoms with Gasteiger partial charge in [0.15, 0.2) is 16.6 Å². The molecule has 2 aromatic carbocycles. The first-order chi connectivity index (χ1) is 14.4. The van der Waals surface area contributed by atoms with Crippen molar-refractivity contribution in [3.63, 3.8) is 0 Å². The minimum atomic E-state index is -0.538. The summed E-state index contributed by atoms with van der Waals surface area (Å²) in [7, 11) is 1.54. The van der Waals surface area contributed by atoms with Crippen LogP contribution in [0.25, 0.3) is 6.08 Å². The van der Waals surface area contributed by atoms with Crippen LogP contribution in [-0.4, -0.2) is 35.5 Å². The summed E-state index contributed by atoms with van der Waals surface area (Å²) in [5, 5.41) is 2.59. The van der Waals surface area contributed by atoms with Gasteiger partial charge in [-0.25, -0.2) is 0 Å². The lowest BCUT2D eigenvalue weighted by Crippen LogP contribution is -2.53. The van der Waals surface area contributed by atoms with Crippen LogP contribution in [-0.2, 0) is 16.2 Å². The molecule has 1 N–H and O–H groups in total. The highest BCUT2D eigenvalue weighted by Gasteiger charge is 2.32. The maximum atomic E-state index is 12.7. The largest absolute Gasteiger partial charge is 0.493 e. The third kappa shape index (κ3) is 4.75. The Morgan fingerprint density at radius 1 is 1.17 bits per heavy atom. The predicted octanol–water partition coefficient (Wildman–Crippen LogP) is 3.40. The third-order valence-corrected chi connectivity index (χ3v) is 4.80. The van der Waals surface area contributed by atoms with Gasteiger partial charge in [0.1, 0.15) is 12.2 Å². The molecule has 1 saturated heterocycles. The monoisotopic (exact) mass is 422 g/mol. The second-order valence-electron chi connectivity index (χ2n) is 6.71. The summed E-state index contributed by atoms with van der Waals surface area (Å²) in [6, 6.07) is 13.3. The quantitative estimate of drug-likeness (QED) is 0.321. The van der Waals surface area contributed by atoms with Crippen LogP contribution in [0.2, 0.25) is 0 Å². The lowest BCUT2D eigenvalue weighted by molar-refractivity contribution is -0.128.